The summed E-state index contributed by atoms with van der Waals surface area (Å²) in [6, 6.07) is 9.32. The molecule has 1 aromatic carbocycles. The number of benzene rings is 1. The molecule has 0 aliphatic rings. The fourth-order valence-electron chi connectivity index (χ4n) is 1.76. The van der Waals surface area contributed by atoms with Gasteiger partial charge in [-0.25, -0.2) is 15.2 Å². The Bertz CT molecular complexity index is 583. The molecule has 0 bridgehead atoms. The number of nitrogens with one attached hydrogen (secondary N) is 1. The van der Waals surface area contributed by atoms with Crippen molar-refractivity contribution in [2.24, 2.45) is 5.84 Å². The minimum Gasteiger partial charge on any atom is -0.337 e. The maximum absolute atomic E-state index is 12.8. The zero-order valence-electron chi connectivity index (χ0n) is 11.0. The second kappa shape index (κ2) is 6.12. The van der Waals surface area contributed by atoms with Gasteiger partial charge in [-0.1, -0.05) is 12.1 Å². The molecule has 0 unspecified atom stereocenters. The van der Waals surface area contributed by atoms with Crippen LogP contribution in [-0.2, 0) is 6.54 Å². The van der Waals surface area contributed by atoms with E-state index in [-0.39, 0.29) is 11.7 Å². The number of aromatic nitrogens is 1. The van der Waals surface area contributed by atoms with Crippen LogP contribution in [0.1, 0.15) is 15.9 Å². The third kappa shape index (κ3) is 3.30. The highest BCUT2D eigenvalue weighted by Gasteiger charge is 2.12. The number of carbonyl (C=O) groups excluding carboxylic acids is 1. The molecule has 1 heterocycles. The first kappa shape index (κ1) is 14.0. The molecule has 0 spiro atoms. The fourth-order valence-corrected chi connectivity index (χ4v) is 1.76. The Morgan fingerprint density at radius 1 is 1.30 bits per heavy atom. The molecular formula is C14H15FN4O. The van der Waals surface area contributed by atoms with Gasteiger partial charge in [0.25, 0.3) is 5.91 Å². The van der Waals surface area contributed by atoms with Crippen LogP contribution in [-0.4, -0.2) is 22.8 Å². The number of anilines is 1. The van der Waals surface area contributed by atoms with Gasteiger partial charge in [0.15, 0.2) is 0 Å². The molecule has 5 nitrogen and oxygen atoms in total. The van der Waals surface area contributed by atoms with Gasteiger partial charge in [-0.05, 0) is 29.8 Å². The fraction of sp³-hybridized carbons (Fsp3) is 0.143. The molecule has 0 aliphatic heterocycles. The van der Waals surface area contributed by atoms with Gasteiger partial charge in [0.05, 0.1) is 5.56 Å². The molecule has 20 heavy (non-hydrogen) atoms. The van der Waals surface area contributed by atoms with E-state index in [4.69, 9.17) is 5.84 Å². The number of rotatable bonds is 4. The van der Waals surface area contributed by atoms with Crippen molar-refractivity contribution in [2.45, 2.75) is 6.54 Å². The van der Waals surface area contributed by atoms with Gasteiger partial charge < -0.3 is 10.3 Å². The minimum absolute atomic E-state index is 0.162. The third-order valence-electron chi connectivity index (χ3n) is 2.84. The number of amides is 1. The smallest absolute Gasteiger partial charge is 0.255 e. The largest absolute Gasteiger partial charge is 0.337 e. The molecule has 0 fully saturated rings. The Hall–Kier alpha value is -2.47. The van der Waals surface area contributed by atoms with E-state index in [1.165, 1.54) is 18.3 Å². The van der Waals surface area contributed by atoms with Crippen LogP contribution < -0.4 is 11.3 Å². The highest BCUT2D eigenvalue weighted by atomic mass is 19.1. The number of hydrogen-bond acceptors (Lipinski definition) is 4. The lowest BCUT2D eigenvalue weighted by molar-refractivity contribution is 0.0784. The lowest BCUT2D eigenvalue weighted by Gasteiger charge is -2.17. The standard InChI is InChI=1S/C14H15FN4O/c1-19(9-10-2-5-12(15)6-3-10)14(20)11-4-7-13(18-16)17-8-11/h2-8H,9,16H2,1H3,(H,17,18). The summed E-state index contributed by atoms with van der Waals surface area (Å²) in [5.74, 6) is 5.24. The van der Waals surface area contributed by atoms with Gasteiger partial charge in [0.2, 0.25) is 0 Å². The molecule has 0 atom stereocenters. The van der Waals surface area contributed by atoms with Crippen LogP contribution in [0.4, 0.5) is 10.2 Å². The zero-order chi connectivity index (χ0) is 14.5. The number of nitrogens with two attached hydrogens (primary N) is 1. The third-order valence-corrected chi connectivity index (χ3v) is 2.84. The summed E-state index contributed by atoms with van der Waals surface area (Å²) in [6.45, 7) is 0.399. The van der Waals surface area contributed by atoms with Crippen LogP contribution in [0.2, 0.25) is 0 Å². The molecule has 0 aliphatic carbocycles. The SMILES string of the molecule is CN(Cc1ccc(F)cc1)C(=O)c1ccc(NN)nc1. The summed E-state index contributed by atoms with van der Waals surface area (Å²) < 4.78 is 12.8. The van der Waals surface area contributed by atoms with Crippen LogP contribution in [0.15, 0.2) is 42.6 Å². The van der Waals surface area contributed by atoms with Gasteiger partial charge in [-0.15, -0.1) is 0 Å². The Balaban J connectivity index is 2.05. The van der Waals surface area contributed by atoms with Gasteiger partial charge in [0.1, 0.15) is 11.6 Å². The van der Waals surface area contributed by atoms with Gasteiger partial charge in [-0.2, -0.15) is 0 Å². The van der Waals surface area contributed by atoms with E-state index in [1.807, 2.05) is 0 Å². The van der Waals surface area contributed by atoms with Crippen molar-refractivity contribution in [1.29, 1.82) is 0 Å². The van der Waals surface area contributed by atoms with Crippen molar-refractivity contribution in [3.63, 3.8) is 0 Å². The summed E-state index contributed by atoms with van der Waals surface area (Å²) in [5.41, 5.74) is 3.72. The van der Waals surface area contributed by atoms with Gasteiger partial charge in [-0.3, -0.25) is 4.79 Å². The van der Waals surface area contributed by atoms with E-state index in [9.17, 15) is 9.18 Å². The number of nitrogen functional groups attached to an aromatic ring is 1. The Morgan fingerprint density at radius 3 is 2.55 bits per heavy atom. The molecule has 1 aromatic heterocycles. The van der Waals surface area contributed by atoms with Crippen molar-refractivity contribution in [3.05, 3.63) is 59.5 Å². The van der Waals surface area contributed by atoms with E-state index in [0.29, 0.717) is 17.9 Å². The van der Waals surface area contributed by atoms with E-state index >= 15 is 0 Å². The van der Waals surface area contributed by atoms with Crippen molar-refractivity contribution in [1.82, 2.24) is 9.88 Å². The van der Waals surface area contributed by atoms with Crippen molar-refractivity contribution in [3.8, 4) is 0 Å². The Morgan fingerprint density at radius 2 is 2.00 bits per heavy atom. The molecule has 6 heteroatoms. The highest BCUT2D eigenvalue weighted by Crippen LogP contribution is 2.10. The predicted octanol–water partition coefficient (Wildman–Crippen LogP) is 1.78. The quantitative estimate of drug-likeness (QED) is 0.658. The molecule has 2 aromatic rings. The lowest BCUT2D eigenvalue weighted by atomic mass is 10.2. The number of carbonyl (C=O) groups is 1. The average Bonchev–Trinajstić information content (AvgIpc) is 2.49. The molecule has 0 saturated carbocycles. The molecule has 104 valence electrons. The van der Waals surface area contributed by atoms with Crippen LogP contribution in [0.25, 0.3) is 0 Å². The minimum atomic E-state index is -0.295. The van der Waals surface area contributed by atoms with Crippen molar-refractivity contribution < 1.29 is 9.18 Å². The maximum atomic E-state index is 12.8. The Kier molecular flexibility index (Phi) is 4.27. The Labute approximate surface area is 116 Å². The molecule has 2 rings (SSSR count). The normalized spacial score (nSPS) is 10.2. The van der Waals surface area contributed by atoms with Gasteiger partial charge in [0, 0.05) is 19.8 Å². The van der Waals surface area contributed by atoms with Crippen LogP contribution in [0.5, 0.6) is 0 Å². The number of nitrogens with zero attached hydrogens (tertiary/aromatic N) is 2. The lowest BCUT2D eigenvalue weighted by Crippen LogP contribution is -2.26. The van der Waals surface area contributed by atoms with Gasteiger partial charge >= 0.3 is 0 Å². The molecular weight excluding hydrogens is 259 g/mol. The first-order chi connectivity index (χ1) is 9.60. The number of hydrogen-bond donors (Lipinski definition) is 2. The first-order valence-electron chi connectivity index (χ1n) is 6.02. The molecule has 1 amide bonds. The molecule has 0 radical (unpaired) electrons. The second-order valence-electron chi connectivity index (χ2n) is 4.36. The van der Waals surface area contributed by atoms with Crippen LogP contribution >= 0.6 is 0 Å². The first-order valence-corrected chi connectivity index (χ1v) is 6.02. The van der Waals surface area contributed by atoms with Crippen molar-refractivity contribution >= 4 is 11.7 Å². The van der Waals surface area contributed by atoms with E-state index < -0.39 is 0 Å². The summed E-state index contributed by atoms with van der Waals surface area (Å²) in [4.78, 5) is 17.7. The van der Waals surface area contributed by atoms with Crippen LogP contribution in [0.3, 0.4) is 0 Å². The highest BCUT2D eigenvalue weighted by molar-refractivity contribution is 5.93. The number of hydrazine groups is 1. The summed E-state index contributed by atoms with van der Waals surface area (Å²) in [5, 5.41) is 0. The summed E-state index contributed by atoms with van der Waals surface area (Å²) in [6.07, 6.45) is 1.46. The van der Waals surface area contributed by atoms with Crippen molar-refractivity contribution in [2.75, 3.05) is 12.5 Å². The second-order valence-corrected chi connectivity index (χ2v) is 4.36. The number of pyridine rings is 1. The molecule has 0 saturated heterocycles. The summed E-state index contributed by atoms with van der Waals surface area (Å²) in [7, 11) is 1.68. The topological polar surface area (TPSA) is 71.2 Å². The average molecular weight is 274 g/mol. The molecule has 3 N–H and O–H groups in total. The van der Waals surface area contributed by atoms with E-state index in [1.54, 1.807) is 36.2 Å². The number of halogens is 1. The monoisotopic (exact) mass is 274 g/mol. The zero-order valence-corrected chi connectivity index (χ0v) is 11.0. The van der Waals surface area contributed by atoms with E-state index in [2.05, 4.69) is 10.4 Å². The maximum Gasteiger partial charge on any atom is 0.255 e. The van der Waals surface area contributed by atoms with E-state index in [0.717, 1.165) is 5.56 Å². The summed E-state index contributed by atoms with van der Waals surface area (Å²) >= 11 is 0. The predicted molar refractivity (Wildman–Crippen MR) is 74.2 cm³/mol. The van der Waals surface area contributed by atoms with Crippen LogP contribution in [0, 0.1) is 5.82 Å².